The van der Waals surface area contributed by atoms with Gasteiger partial charge in [0, 0.05) is 18.0 Å². The summed E-state index contributed by atoms with van der Waals surface area (Å²) in [6, 6.07) is 11.7. The minimum absolute atomic E-state index is 0.540. The third-order valence-electron chi connectivity index (χ3n) is 2.95. The molecule has 0 aliphatic carbocycles. The SMILES string of the molecule is COc1ccccc1-c1nc(N)sc1-c1ccncc1. The standard InChI is InChI=1S/C15H13N3OS/c1-19-12-5-3-2-4-11(12)13-14(20-15(16)18-13)10-6-8-17-9-7-10/h2-9H,1H3,(H2,16,18). The smallest absolute Gasteiger partial charge is 0.181 e. The number of nitrogens with zero attached hydrogens (tertiary/aromatic N) is 2. The Labute approximate surface area is 120 Å². The van der Waals surface area contributed by atoms with Crippen LogP contribution in [0.1, 0.15) is 0 Å². The summed E-state index contributed by atoms with van der Waals surface area (Å²) >= 11 is 1.46. The molecule has 0 bridgehead atoms. The van der Waals surface area contributed by atoms with Gasteiger partial charge >= 0.3 is 0 Å². The third kappa shape index (κ3) is 2.23. The van der Waals surface area contributed by atoms with Crippen LogP contribution in [0.5, 0.6) is 5.75 Å². The van der Waals surface area contributed by atoms with Gasteiger partial charge in [-0.25, -0.2) is 4.98 Å². The van der Waals surface area contributed by atoms with Crippen LogP contribution in [0.25, 0.3) is 21.7 Å². The van der Waals surface area contributed by atoms with Crippen molar-refractivity contribution in [3.8, 4) is 27.4 Å². The Morgan fingerprint density at radius 2 is 1.85 bits per heavy atom. The maximum Gasteiger partial charge on any atom is 0.181 e. The van der Waals surface area contributed by atoms with E-state index in [2.05, 4.69) is 9.97 Å². The summed E-state index contributed by atoms with van der Waals surface area (Å²) in [6.45, 7) is 0. The minimum Gasteiger partial charge on any atom is -0.496 e. The number of anilines is 1. The van der Waals surface area contributed by atoms with E-state index in [1.54, 1.807) is 19.5 Å². The van der Waals surface area contributed by atoms with Gasteiger partial charge in [0.05, 0.1) is 17.7 Å². The number of hydrogen-bond donors (Lipinski definition) is 1. The Kier molecular flexibility index (Phi) is 3.35. The Hall–Kier alpha value is -2.40. The molecule has 0 radical (unpaired) electrons. The van der Waals surface area contributed by atoms with Gasteiger partial charge in [-0.05, 0) is 29.8 Å². The molecule has 2 N–H and O–H groups in total. The van der Waals surface area contributed by atoms with Gasteiger partial charge in [0.25, 0.3) is 0 Å². The van der Waals surface area contributed by atoms with Crippen LogP contribution in [0.15, 0.2) is 48.8 Å². The number of nitrogen functional groups attached to an aromatic ring is 1. The first-order chi connectivity index (χ1) is 9.79. The minimum atomic E-state index is 0.540. The van der Waals surface area contributed by atoms with Crippen molar-refractivity contribution in [1.82, 2.24) is 9.97 Å². The highest BCUT2D eigenvalue weighted by atomic mass is 32.1. The molecule has 4 nitrogen and oxygen atoms in total. The molecule has 0 aliphatic heterocycles. The molecule has 100 valence electrons. The fraction of sp³-hybridized carbons (Fsp3) is 0.0667. The molecule has 1 aromatic carbocycles. The van der Waals surface area contributed by atoms with E-state index >= 15 is 0 Å². The van der Waals surface area contributed by atoms with Crippen molar-refractivity contribution in [1.29, 1.82) is 0 Å². The zero-order chi connectivity index (χ0) is 13.9. The largest absolute Gasteiger partial charge is 0.496 e. The zero-order valence-corrected chi connectivity index (χ0v) is 11.7. The molecule has 0 spiro atoms. The lowest BCUT2D eigenvalue weighted by atomic mass is 10.1. The topological polar surface area (TPSA) is 61.0 Å². The summed E-state index contributed by atoms with van der Waals surface area (Å²) < 4.78 is 5.41. The second kappa shape index (κ2) is 5.30. The first-order valence-corrected chi connectivity index (χ1v) is 6.91. The van der Waals surface area contributed by atoms with E-state index < -0.39 is 0 Å². The van der Waals surface area contributed by atoms with Crippen LogP contribution in [0.3, 0.4) is 0 Å². The molecule has 0 saturated heterocycles. The van der Waals surface area contributed by atoms with E-state index in [0.717, 1.165) is 27.4 Å². The Bertz CT molecular complexity index is 725. The second-order valence-corrected chi connectivity index (χ2v) is 5.20. The number of hydrogen-bond acceptors (Lipinski definition) is 5. The molecule has 20 heavy (non-hydrogen) atoms. The van der Waals surface area contributed by atoms with Crippen molar-refractivity contribution < 1.29 is 4.74 Å². The number of benzene rings is 1. The fourth-order valence-electron chi connectivity index (χ4n) is 2.06. The lowest BCUT2D eigenvalue weighted by Gasteiger charge is -2.07. The van der Waals surface area contributed by atoms with Crippen molar-refractivity contribution in [2.75, 3.05) is 12.8 Å². The van der Waals surface area contributed by atoms with Gasteiger partial charge in [-0.1, -0.05) is 23.5 Å². The monoisotopic (exact) mass is 283 g/mol. The van der Waals surface area contributed by atoms with E-state index in [-0.39, 0.29) is 0 Å². The lowest BCUT2D eigenvalue weighted by Crippen LogP contribution is -1.90. The van der Waals surface area contributed by atoms with Crippen molar-refractivity contribution in [3.05, 3.63) is 48.8 Å². The van der Waals surface area contributed by atoms with Gasteiger partial charge in [-0.2, -0.15) is 0 Å². The molecule has 3 rings (SSSR count). The maximum atomic E-state index is 5.90. The summed E-state index contributed by atoms with van der Waals surface area (Å²) in [7, 11) is 1.65. The number of pyridine rings is 1. The maximum absolute atomic E-state index is 5.90. The van der Waals surface area contributed by atoms with Gasteiger partial charge in [0.2, 0.25) is 0 Å². The summed E-state index contributed by atoms with van der Waals surface area (Å²) in [5, 5.41) is 0.540. The second-order valence-electron chi connectivity index (χ2n) is 4.17. The predicted molar refractivity (Wildman–Crippen MR) is 81.7 cm³/mol. The molecule has 5 heteroatoms. The summed E-state index contributed by atoms with van der Waals surface area (Å²) in [6.07, 6.45) is 3.52. The molecule has 0 unspecified atom stereocenters. The van der Waals surface area contributed by atoms with Crippen LogP contribution in [-0.2, 0) is 0 Å². The number of aromatic nitrogens is 2. The molecule has 3 aromatic rings. The number of methoxy groups -OCH3 is 1. The van der Waals surface area contributed by atoms with E-state index in [0.29, 0.717) is 5.13 Å². The van der Waals surface area contributed by atoms with Crippen molar-refractivity contribution in [3.63, 3.8) is 0 Å². The summed E-state index contributed by atoms with van der Waals surface area (Å²) in [4.78, 5) is 9.53. The molecule has 0 saturated carbocycles. The Balaban J connectivity index is 2.20. The quantitative estimate of drug-likeness (QED) is 0.799. The first kappa shape index (κ1) is 12.6. The highest BCUT2D eigenvalue weighted by Gasteiger charge is 2.16. The van der Waals surface area contributed by atoms with Crippen LogP contribution >= 0.6 is 11.3 Å². The van der Waals surface area contributed by atoms with Gasteiger partial charge in [0.15, 0.2) is 5.13 Å². The fourth-order valence-corrected chi connectivity index (χ4v) is 2.91. The highest BCUT2D eigenvalue weighted by molar-refractivity contribution is 7.19. The molecule has 0 amide bonds. The van der Waals surface area contributed by atoms with E-state index in [1.807, 2.05) is 36.4 Å². The van der Waals surface area contributed by atoms with Crippen LogP contribution in [0, 0.1) is 0 Å². The molecular formula is C15H13N3OS. The molecular weight excluding hydrogens is 270 g/mol. The highest BCUT2D eigenvalue weighted by Crippen LogP contribution is 2.40. The zero-order valence-electron chi connectivity index (χ0n) is 10.9. The third-order valence-corrected chi connectivity index (χ3v) is 3.88. The Morgan fingerprint density at radius 3 is 2.60 bits per heavy atom. The first-order valence-electron chi connectivity index (χ1n) is 6.09. The van der Waals surface area contributed by atoms with Gasteiger partial charge in [-0.15, -0.1) is 0 Å². The van der Waals surface area contributed by atoms with Crippen molar-refractivity contribution in [2.24, 2.45) is 0 Å². The van der Waals surface area contributed by atoms with E-state index in [1.165, 1.54) is 11.3 Å². The van der Waals surface area contributed by atoms with Gasteiger partial charge in [0.1, 0.15) is 5.75 Å². The number of ether oxygens (including phenoxy) is 1. The van der Waals surface area contributed by atoms with Crippen LogP contribution in [-0.4, -0.2) is 17.1 Å². The predicted octanol–water partition coefficient (Wildman–Crippen LogP) is 3.46. The molecule has 0 aliphatic rings. The summed E-state index contributed by atoms with van der Waals surface area (Å²) in [5.41, 5.74) is 8.73. The summed E-state index contributed by atoms with van der Waals surface area (Å²) in [5.74, 6) is 0.785. The molecule has 0 fully saturated rings. The number of rotatable bonds is 3. The normalized spacial score (nSPS) is 10.4. The van der Waals surface area contributed by atoms with Crippen LogP contribution < -0.4 is 10.5 Å². The average Bonchev–Trinajstić information content (AvgIpc) is 2.90. The van der Waals surface area contributed by atoms with Crippen molar-refractivity contribution in [2.45, 2.75) is 0 Å². The van der Waals surface area contributed by atoms with Crippen LogP contribution in [0.4, 0.5) is 5.13 Å². The van der Waals surface area contributed by atoms with Crippen LogP contribution in [0.2, 0.25) is 0 Å². The van der Waals surface area contributed by atoms with Gasteiger partial charge in [-0.3, -0.25) is 4.98 Å². The molecule has 0 atom stereocenters. The number of nitrogens with two attached hydrogens (primary N) is 1. The van der Waals surface area contributed by atoms with Crippen molar-refractivity contribution >= 4 is 16.5 Å². The Morgan fingerprint density at radius 1 is 1.10 bits per heavy atom. The number of thiazole rings is 1. The number of para-hydroxylation sites is 1. The average molecular weight is 283 g/mol. The molecule has 2 aromatic heterocycles. The van der Waals surface area contributed by atoms with Gasteiger partial charge < -0.3 is 10.5 Å². The lowest BCUT2D eigenvalue weighted by molar-refractivity contribution is 0.416. The van der Waals surface area contributed by atoms with E-state index in [4.69, 9.17) is 10.5 Å². The molecule has 2 heterocycles. The van der Waals surface area contributed by atoms with E-state index in [9.17, 15) is 0 Å².